The fraction of sp³-hybridized carbons (Fsp3) is 0.579. The molecule has 6 heteroatoms. The molecule has 1 fully saturated rings. The minimum atomic E-state index is -0.505. The third-order valence-electron chi connectivity index (χ3n) is 3.92. The van der Waals surface area contributed by atoms with E-state index in [9.17, 15) is 9.59 Å². The molecule has 0 radical (unpaired) electrons. The average molecular weight is 348 g/mol. The van der Waals surface area contributed by atoms with Gasteiger partial charge in [0.2, 0.25) is 0 Å². The lowest BCUT2D eigenvalue weighted by atomic mass is 10.1. The molecule has 2 amide bonds. The maximum Gasteiger partial charge on any atom is 0.407 e. The van der Waals surface area contributed by atoms with E-state index in [0.29, 0.717) is 31.8 Å². The molecule has 1 atom stereocenters. The number of hydrogen-bond donors (Lipinski definition) is 1. The zero-order valence-electron chi connectivity index (χ0n) is 15.5. The number of benzene rings is 1. The van der Waals surface area contributed by atoms with Gasteiger partial charge in [-0.3, -0.25) is 4.79 Å². The SMILES string of the molecule is CCOc1ccc(C(=O)N2CC[C@H](CNC(=O)OC(C)(C)C)C2)cc1. The largest absolute Gasteiger partial charge is 0.494 e. The summed E-state index contributed by atoms with van der Waals surface area (Å²) in [5.74, 6) is 1.03. The Morgan fingerprint density at radius 1 is 1.24 bits per heavy atom. The second-order valence-corrected chi connectivity index (χ2v) is 7.25. The first-order valence-electron chi connectivity index (χ1n) is 8.77. The number of nitrogens with one attached hydrogen (secondary N) is 1. The van der Waals surface area contributed by atoms with Crippen LogP contribution in [0.25, 0.3) is 0 Å². The molecule has 1 aromatic carbocycles. The van der Waals surface area contributed by atoms with Gasteiger partial charge in [0.15, 0.2) is 0 Å². The molecule has 1 aliphatic heterocycles. The monoisotopic (exact) mass is 348 g/mol. The molecule has 25 heavy (non-hydrogen) atoms. The maximum atomic E-state index is 12.6. The van der Waals surface area contributed by atoms with Gasteiger partial charge in [0.1, 0.15) is 11.4 Å². The van der Waals surface area contributed by atoms with E-state index in [1.807, 2.05) is 44.7 Å². The van der Waals surface area contributed by atoms with Crippen molar-refractivity contribution in [1.82, 2.24) is 10.2 Å². The van der Waals surface area contributed by atoms with Gasteiger partial charge in [-0.1, -0.05) is 0 Å². The Morgan fingerprint density at radius 2 is 1.92 bits per heavy atom. The number of carbonyl (C=O) groups excluding carboxylic acids is 2. The maximum absolute atomic E-state index is 12.6. The highest BCUT2D eigenvalue weighted by Gasteiger charge is 2.27. The van der Waals surface area contributed by atoms with E-state index in [-0.39, 0.29) is 11.8 Å². The summed E-state index contributed by atoms with van der Waals surface area (Å²) >= 11 is 0. The van der Waals surface area contributed by atoms with Crippen molar-refractivity contribution in [1.29, 1.82) is 0 Å². The minimum Gasteiger partial charge on any atom is -0.494 e. The van der Waals surface area contributed by atoms with Crippen molar-refractivity contribution in [3.63, 3.8) is 0 Å². The van der Waals surface area contributed by atoms with Crippen molar-refractivity contribution in [3.8, 4) is 5.75 Å². The molecule has 0 spiro atoms. The lowest BCUT2D eigenvalue weighted by molar-refractivity contribution is 0.0520. The van der Waals surface area contributed by atoms with Crippen LogP contribution >= 0.6 is 0 Å². The molecule has 0 unspecified atom stereocenters. The zero-order valence-corrected chi connectivity index (χ0v) is 15.5. The van der Waals surface area contributed by atoms with E-state index in [4.69, 9.17) is 9.47 Å². The second kappa shape index (κ2) is 8.23. The van der Waals surface area contributed by atoms with Crippen molar-refractivity contribution in [2.75, 3.05) is 26.2 Å². The minimum absolute atomic E-state index is 0.0165. The lowest BCUT2D eigenvalue weighted by Gasteiger charge is -2.21. The number of alkyl carbamates (subject to hydrolysis) is 1. The molecule has 6 nitrogen and oxygen atoms in total. The Labute approximate surface area is 149 Å². The Kier molecular flexibility index (Phi) is 6.28. The summed E-state index contributed by atoms with van der Waals surface area (Å²) in [5, 5.41) is 2.79. The topological polar surface area (TPSA) is 67.9 Å². The van der Waals surface area contributed by atoms with Crippen molar-refractivity contribution in [2.24, 2.45) is 5.92 Å². The average Bonchev–Trinajstić information content (AvgIpc) is 3.01. The molecule has 1 aliphatic rings. The van der Waals surface area contributed by atoms with Gasteiger partial charge in [-0.2, -0.15) is 0 Å². The third-order valence-corrected chi connectivity index (χ3v) is 3.92. The van der Waals surface area contributed by atoms with Crippen molar-refractivity contribution < 1.29 is 19.1 Å². The predicted octanol–water partition coefficient (Wildman–Crippen LogP) is 3.07. The number of carbonyl (C=O) groups is 2. The first-order chi connectivity index (χ1) is 11.8. The van der Waals surface area contributed by atoms with Gasteiger partial charge in [-0.25, -0.2) is 4.79 Å². The van der Waals surface area contributed by atoms with Crippen LogP contribution in [-0.4, -0.2) is 48.7 Å². The zero-order chi connectivity index (χ0) is 18.4. The van der Waals surface area contributed by atoms with Gasteiger partial charge in [0, 0.05) is 25.2 Å². The Balaban J connectivity index is 1.81. The van der Waals surface area contributed by atoms with Crippen LogP contribution < -0.4 is 10.1 Å². The number of likely N-dealkylation sites (tertiary alicyclic amines) is 1. The predicted molar refractivity (Wildman–Crippen MR) is 95.9 cm³/mol. The standard InChI is InChI=1S/C19H28N2O4/c1-5-24-16-8-6-15(7-9-16)17(22)21-11-10-14(13-21)12-20-18(23)25-19(2,3)4/h6-9,14H,5,10-13H2,1-4H3,(H,20,23)/t14-/m1/s1. The molecular weight excluding hydrogens is 320 g/mol. The highest BCUT2D eigenvalue weighted by Crippen LogP contribution is 2.20. The second-order valence-electron chi connectivity index (χ2n) is 7.25. The summed E-state index contributed by atoms with van der Waals surface area (Å²) in [6.07, 6.45) is 0.460. The molecule has 0 aliphatic carbocycles. The van der Waals surface area contributed by atoms with Gasteiger partial charge in [-0.15, -0.1) is 0 Å². The van der Waals surface area contributed by atoms with Crippen molar-refractivity contribution in [2.45, 2.75) is 39.7 Å². The van der Waals surface area contributed by atoms with Crippen LogP contribution in [0.1, 0.15) is 44.5 Å². The number of rotatable bonds is 5. The molecule has 0 bridgehead atoms. The number of amides is 2. The van der Waals surface area contributed by atoms with E-state index in [2.05, 4.69) is 5.32 Å². The summed E-state index contributed by atoms with van der Waals surface area (Å²) in [7, 11) is 0. The molecular formula is C19H28N2O4. The number of ether oxygens (including phenoxy) is 2. The normalized spacial score (nSPS) is 17.3. The van der Waals surface area contributed by atoms with Gasteiger partial charge in [-0.05, 0) is 64.3 Å². The molecule has 138 valence electrons. The van der Waals surface area contributed by atoms with Gasteiger partial charge in [0.05, 0.1) is 6.61 Å². The summed E-state index contributed by atoms with van der Waals surface area (Å²) in [4.78, 5) is 26.1. The van der Waals surface area contributed by atoms with Crippen LogP contribution in [0.5, 0.6) is 5.75 Å². The highest BCUT2D eigenvalue weighted by atomic mass is 16.6. The summed E-state index contributed by atoms with van der Waals surface area (Å²) in [6, 6.07) is 7.21. The van der Waals surface area contributed by atoms with Crippen LogP contribution in [0.3, 0.4) is 0 Å². The quantitative estimate of drug-likeness (QED) is 0.888. The van der Waals surface area contributed by atoms with E-state index in [1.165, 1.54) is 0 Å². The van der Waals surface area contributed by atoms with Crippen molar-refractivity contribution in [3.05, 3.63) is 29.8 Å². The highest BCUT2D eigenvalue weighted by molar-refractivity contribution is 5.94. The lowest BCUT2D eigenvalue weighted by Crippen LogP contribution is -2.36. The Hall–Kier alpha value is -2.24. The molecule has 1 saturated heterocycles. The van der Waals surface area contributed by atoms with Gasteiger partial charge >= 0.3 is 6.09 Å². The number of nitrogens with zero attached hydrogens (tertiary/aromatic N) is 1. The summed E-state index contributed by atoms with van der Waals surface area (Å²) in [6.45, 7) is 9.88. The van der Waals surface area contributed by atoms with Gasteiger partial charge in [0.25, 0.3) is 5.91 Å². The molecule has 1 N–H and O–H groups in total. The smallest absolute Gasteiger partial charge is 0.407 e. The Bertz CT molecular complexity index is 592. The number of hydrogen-bond acceptors (Lipinski definition) is 4. The first kappa shape index (κ1) is 19.1. The van der Waals surface area contributed by atoms with Crippen LogP contribution in [0, 0.1) is 5.92 Å². The molecule has 0 aromatic heterocycles. The Morgan fingerprint density at radius 3 is 2.52 bits per heavy atom. The van der Waals surface area contributed by atoms with E-state index < -0.39 is 11.7 Å². The summed E-state index contributed by atoms with van der Waals surface area (Å²) in [5.41, 5.74) is 0.152. The fourth-order valence-electron chi connectivity index (χ4n) is 2.77. The third kappa shape index (κ3) is 5.96. The summed E-state index contributed by atoms with van der Waals surface area (Å²) < 4.78 is 10.6. The fourth-order valence-corrected chi connectivity index (χ4v) is 2.77. The molecule has 0 saturated carbocycles. The van der Waals surface area contributed by atoms with Crippen molar-refractivity contribution >= 4 is 12.0 Å². The van der Waals surface area contributed by atoms with E-state index in [1.54, 1.807) is 12.1 Å². The molecule has 1 aromatic rings. The first-order valence-corrected chi connectivity index (χ1v) is 8.77. The van der Waals surface area contributed by atoms with E-state index >= 15 is 0 Å². The van der Waals surface area contributed by atoms with Crippen LogP contribution in [0.2, 0.25) is 0 Å². The van der Waals surface area contributed by atoms with Crippen LogP contribution in [-0.2, 0) is 4.74 Å². The molecule has 1 heterocycles. The molecule has 2 rings (SSSR count). The van der Waals surface area contributed by atoms with E-state index in [0.717, 1.165) is 12.2 Å². The van der Waals surface area contributed by atoms with Gasteiger partial charge < -0.3 is 19.7 Å². The van der Waals surface area contributed by atoms with Crippen LogP contribution in [0.4, 0.5) is 4.79 Å². The van der Waals surface area contributed by atoms with Crippen LogP contribution in [0.15, 0.2) is 24.3 Å².